The number of rotatable bonds is 5. The van der Waals surface area contributed by atoms with E-state index in [0.29, 0.717) is 22.2 Å². The lowest BCUT2D eigenvalue weighted by molar-refractivity contribution is 0.355. The van der Waals surface area contributed by atoms with Crippen molar-refractivity contribution in [3.63, 3.8) is 0 Å². The van der Waals surface area contributed by atoms with Crippen molar-refractivity contribution in [2.45, 2.75) is 18.7 Å². The molecule has 8 nitrogen and oxygen atoms in total. The molecule has 26 heavy (non-hydrogen) atoms. The zero-order valence-electron chi connectivity index (χ0n) is 14.6. The molecule has 0 fully saturated rings. The Morgan fingerprint density at radius 1 is 1.15 bits per heavy atom. The fraction of sp³-hybridized carbons (Fsp3) is 0.250. The topological polar surface area (TPSA) is 99.0 Å². The van der Waals surface area contributed by atoms with Gasteiger partial charge in [0.15, 0.2) is 21.4 Å². The molecule has 3 rings (SSSR count). The molecule has 0 aliphatic heterocycles. The fourth-order valence-corrected chi connectivity index (χ4v) is 4.78. The number of benzene rings is 1. The van der Waals surface area contributed by atoms with Crippen molar-refractivity contribution in [2.24, 2.45) is 0 Å². The van der Waals surface area contributed by atoms with Gasteiger partial charge in [0.2, 0.25) is 0 Å². The van der Waals surface area contributed by atoms with Crippen molar-refractivity contribution < 1.29 is 17.9 Å². The molecule has 3 aromatic rings. The number of hydrogen-bond acceptors (Lipinski definition) is 7. The van der Waals surface area contributed by atoms with Crippen molar-refractivity contribution in [2.75, 3.05) is 18.9 Å². The number of nitrogens with one attached hydrogen (secondary N) is 1. The maximum atomic E-state index is 12.8. The number of sulfonamides is 1. The summed E-state index contributed by atoms with van der Waals surface area (Å²) < 4.78 is 39.7. The number of aryl methyl sites for hydroxylation is 2. The van der Waals surface area contributed by atoms with Crippen molar-refractivity contribution >= 4 is 32.0 Å². The Labute approximate surface area is 154 Å². The summed E-state index contributed by atoms with van der Waals surface area (Å²) in [5, 5.41) is 1.75. The first kappa shape index (κ1) is 18.2. The maximum Gasteiger partial charge on any atom is 0.279 e. The molecule has 0 spiro atoms. The van der Waals surface area contributed by atoms with Gasteiger partial charge in [-0.15, -0.1) is 11.3 Å². The summed E-state index contributed by atoms with van der Waals surface area (Å²) in [6.45, 7) is 3.22. The lowest BCUT2D eigenvalue weighted by atomic mass is 10.3. The average molecular weight is 395 g/mol. The molecule has 0 saturated heterocycles. The average Bonchev–Trinajstić information content (AvgIpc) is 2.95. The molecule has 0 atom stereocenters. The van der Waals surface area contributed by atoms with Gasteiger partial charge in [0.1, 0.15) is 0 Å². The number of nitrogens with zero attached hydrogens (tertiary/aromatic N) is 2. The van der Waals surface area contributed by atoms with Crippen LogP contribution in [0.2, 0.25) is 0 Å². The van der Waals surface area contributed by atoms with Crippen molar-refractivity contribution in [3.05, 3.63) is 45.3 Å². The molecule has 1 aromatic carbocycles. The Kier molecular flexibility index (Phi) is 4.63. The fourth-order valence-electron chi connectivity index (χ4n) is 2.58. The molecule has 1 N–H and O–H groups in total. The predicted octanol–water partition coefficient (Wildman–Crippen LogP) is 2.19. The van der Waals surface area contributed by atoms with Crippen LogP contribution in [0, 0.1) is 13.8 Å². The smallest absolute Gasteiger partial charge is 0.279 e. The monoisotopic (exact) mass is 395 g/mol. The van der Waals surface area contributed by atoms with E-state index in [1.54, 1.807) is 18.4 Å². The third kappa shape index (κ3) is 3.01. The van der Waals surface area contributed by atoms with Crippen molar-refractivity contribution in [3.8, 4) is 11.5 Å². The molecule has 0 unspecified atom stereocenters. The molecule has 0 bridgehead atoms. The number of methoxy groups -OCH3 is 2. The molecule has 0 aliphatic rings. The Balaban J connectivity index is 2.11. The van der Waals surface area contributed by atoms with E-state index in [2.05, 4.69) is 9.71 Å². The van der Waals surface area contributed by atoms with E-state index in [4.69, 9.17) is 9.47 Å². The summed E-state index contributed by atoms with van der Waals surface area (Å²) in [6.07, 6.45) is 0. The van der Waals surface area contributed by atoms with Crippen LogP contribution < -0.4 is 19.8 Å². The normalized spacial score (nSPS) is 11.5. The first-order valence-corrected chi connectivity index (χ1v) is 9.87. The van der Waals surface area contributed by atoms with Gasteiger partial charge in [-0.25, -0.2) is 13.4 Å². The van der Waals surface area contributed by atoms with Gasteiger partial charge >= 0.3 is 0 Å². The van der Waals surface area contributed by atoms with Crippen LogP contribution in [-0.4, -0.2) is 32.0 Å². The lowest BCUT2D eigenvalue weighted by Crippen LogP contribution is -2.28. The molecule has 0 radical (unpaired) electrons. The Hall–Kier alpha value is -2.59. The van der Waals surface area contributed by atoms with E-state index in [9.17, 15) is 13.2 Å². The molecule has 2 heterocycles. The number of aromatic nitrogens is 2. The summed E-state index contributed by atoms with van der Waals surface area (Å²) in [5.74, 6) is 0.826. The molecular weight excluding hydrogens is 378 g/mol. The summed E-state index contributed by atoms with van der Waals surface area (Å²) in [5.41, 5.74) is 0.391. The third-order valence-electron chi connectivity index (χ3n) is 3.77. The number of anilines is 1. The molecule has 0 aliphatic carbocycles. The minimum absolute atomic E-state index is 0.143. The van der Waals surface area contributed by atoms with Crippen LogP contribution in [0.25, 0.3) is 4.96 Å². The standard InChI is InChI=1S/C16H17N3O5S2/c1-9-8-25-16-17-10(2)14(15(20)19(9)16)26(21,22)18-11-5-6-12(23-3)13(7-11)24-4/h5-8,18H,1-4H3. The second-order valence-electron chi connectivity index (χ2n) is 5.50. The number of thiazole rings is 1. The van der Waals surface area contributed by atoms with Crippen molar-refractivity contribution in [1.82, 2.24) is 9.38 Å². The Bertz CT molecular complexity index is 1150. The minimum Gasteiger partial charge on any atom is -0.493 e. The zero-order chi connectivity index (χ0) is 19.1. The van der Waals surface area contributed by atoms with Gasteiger partial charge in [0, 0.05) is 17.1 Å². The molecule has 0 amide bonds. The second-order valence-corrected chi connectivity index (χ2v) is 7.96. The Morgan fingerprint density at radius 3 is 2.50 bits per heavy atom. The predicted molar refractivity (Wildman–Crippen MR) is 99.2 cm³/mol. The van der Waals surface area contributed by atoms with Gasteiger partial charge in [-0.05, 0) is 26.0 Å². The van der Waals surface area contributed by atoms with Gasteiger partial charge in [0.25, 0.3) is 15.6 Å². The van der Waals surface area contributed by atoms with E-state index < -0.39 is 15.6 Å². The van der Waals surface area contributed by atoms with Gasteiger partial charge in [0.05, 0.1) is 25.6 Å². The summed E-state index contributed by atoms with van der Waals surface area (Å²) in [7, 11) is -1.21. The summed E-state index contributed by atoms with van der Waals surface area (Å²) >= 11 is 1.28. The largest absolute Gasteiger partial charge is 0.493 e. The van der Waals surface area contributed by atoms with E-state index in [1.807, 2.05) is 0 Å². The van der Waals surface area contributed by atoms with E-state index in [1.165, 1.54) is 49.0 Å². The molecule has 2 aromatic heterocycles. The lowest BCUT2D eigenvalue weighted by Gasteiger charge is -2.12. The van der Waals surface area contributed by atoms with Crippen LogP contribution in [-0.2, 0) is 10.0 Å². The van der Waals surface area contributed by atoms with E-state index >= 15 is 0 Å². The number of ether oxygens (including phenoxy) is 2. The van der Waals surface area contributed by atoms with Crippen molar-refractivity contribution in [1.29, 1.82) is 0 Å². The number of hydrogen-bond donors (Lipinski definition) is 1. The first-order valence-electron chi connectivity index (χ1n) is 7.51. The van der Waals surface area contributed by atoms with Gasteiger partial charge in [-0.2, -0.15) is 0 Å². The molecular formula is C16H17N3O5S2. The zero-order valence-corrected chi connectivity index (χ0v) is 16.2. The van der Waals surface area contributed by atoms with E-state index in [-0.39, 0.29) is 16.3 Å². The highest BCUT2D eigenvalue weighted by Crippen LogP contribution is 2.30. The van der Waals surface area contributed by atoms with Crippen LogP contribution in [0.15, 0.2) is 33.3 Å². The van der Waals surface area contributed by atoms with Crippen LogP contribution in [0.3, 0.4) is 0 Å². The third-order valence-corrected chi connectivity index (χ3v) is 6.23. The molecule has 0 saturated carbocycles. The van der Waals surface area contributed by atoms with Gasteiger partial charge in [-0.3, -0.25) is 13.9 Å². The Morgan fingerprint density at radius 2 is 1.85 bits per heavy atom. The first-order chi connectivity index (χ1) is 12.3. The molecule has 10 heteroatoms. The highest BCUT2D eigenvalue weighted by atomic mass is 32.2. The van der Waals surface area contributed by atoms with Gasteiger partial charge in [-0.1, -0.05) is 0 Å². The minimum atomic E-state index is -4.14. The summed E-state index contributed by atoms with van der Waals surface area (Å²) in [4.78, 5) is 17.1. The van der Waals surface area contributed by atoms with Crippen LogP contribution >= 0.6 is 11.3 Å². The second kappa shape index (κ2) is 6.61. The quantitative estimate of drug-likeness (QED) is 0.711. The maximum absolute atomic E-state index is 12.8. The van der Waals surface area contributed by atoms with E-state index in [0.717, 1.165) is 0 Å². The molecule has 138 valence electrons. The van der Waals surface area contributed by atoms with Gasteiger partial charge < -0.3 is 9.47 Å². The van der Waals surface area contributed by atoms with Crippen LogP contribution in [0.1, 0.15) is 11.4 Å². The van der Waals surface area contributed by atoms with Crippen LogP contribution in [0.4, 0.5) is 5.69 Å². The van der Waals surface area contributed by atoms with Crippen LogP contribution in [0.5, 0.6) is 11.5 Å². The number of fused-ring (bicyclic) bond motifs is 1. The summed E-state index contributed by atoms with van der Waals surface area (Å²) in [6, 6.07) is 4.57. The highest BCUT2D eigenvalue weighted by Gasteiger charge is 2.25. The highest BCUT2D eigenvalue weighted by molar-refractivity contribution is 7.92. The SMILES string of the molecule is COc1ccc(NS(=O)(=O)c2c(C)nc3scc(C)n3c2=O)cc1OC.